The summed E-state index contributed by atoms with van der Waals surface area (Å²) in [5, 5.41) is 0. The molecule has 0 saturated carbocycles. The second-order valence-corrected chi connectivity index (χ2v) is 1.60. The molecule has 0 aliphatic rings. The van der Waals surface area contributed by atoms with Crippen LogP contribution in [0.3, 0.4) is 0 Å². The van der Waals surface area contributed by atoms with Crippen molar-refractivity contribution in [3.05, 3.63) is 18.3 Å². The third-order valence-corrected chi connectivity index (χ3v) is 0.994. The lowest BCUT2D eigenvalue weighted by atomic mass is 10.4. The molecule has 1 rings (SSSR count). The first-order chi connectivity index (χ1) is 4.34. The first-order valence-corrected chi connectivity index (χ1v) is 2.59. The molecule has 0 aliphatic heterocycles. The molecule has 10 heavy (non-hydrogen) atoms. The Bertz CT molecular complexity index is 205. The fourth-order valence-corrected chi connectivity index (χ4v) is 0.574. The van der Waals surface area contributed by atoms with Gasteiger partial charge in [-0.15, -0.1) is 12.4 Å². The van der Waals surface area contributed by atoms with E-state index in [2.05, 4.69) is 4.98 Å². The van der Waals surface area contributed by atoms with E-state index in [-0.39, 0.29) is 12.4 Å². The van der Waals surface area contributed by atoms with E-state index in [0.717, 1.165) is 0 Å². The van der Waals surface area contributed by atoms with E-state index in [0.29, 0.717) is 11.6 Å². The van der Waals surface area contributed by atoms with Crippen LogP contribution in [0.1, 0.15) is 0 Å². The SMILES string of the molecule is COc1ncccc1N.Cl. The molecule has 4 heteroatoms. The van der Waals surface area contributed by atoms with E-state index in [4.69, 9.17) is 10.5 Å². The van der Waals surface area contributed by atoms with Crippen LogP contribution in [0, 0.1) is 0 Å². The topological polar surface area (TPSA) is 48.1 Å². The first-order valence-electron chi connectivity index (χ1n) is 2.59. The average molecular weight is 161 g/mol. The standard InChI is InChI=1S/C6H8N2O.ClH/c1-9-6-5(7)3-2-4-8-6;/h2-4H,7H2,1H3;1H. The summed E-state index contributed by atoms with van der Waals surface area (Å²) in [6.07, 6.45) is 1.63. The minimum Gasteiger partial charge on any atom is -0.480 e. The van der Waals surface area contributed by atoms with Crippen molar-refractivity contribution < 1.29 is 4.74 Å². The van der Waals surface area contributed by atoms with Crippen LogP contribution in [0.5, 0.6) is 5.88 Å². The van der Waals surface area contributed by atoms with Gasteiger partial charge < -0.3 is 10.5 Å². The largest absolute Gasteiger partial charge is 0.480 e. The van der Waals surface area contributed by atoms with Gasteiger partial charge in [0.1, 0.15) is 0 Å². The maximum absolute atomic E-state index is 5.44. The smallest absolute Gasteiger partial charge is 0.236 e. The van der Waals surface area contributed by atoms with Gasteiger partial charge in [0.25, 0.3) is 0 Å². The van der Waals surface area contributed by atoms with Gasteiger partial charge in [0, 0.05) is 6.20 Å². The number of hydrogen-bond acceptors (Lipinski definition) is 3. The molecule has 0 amide bonds. The first kappa shape index (κ1) is 9.04. The summed E-state index contributed by atoms with van der Waals surface area (Å²) in [5.41, 5.74) is 6.01. The molecular weight excluding hydrogens is 152 g/mol. The predicted octanol–water partition coefficient (Wildman–Crippen LogP) is 1.09. The zero-order valence-electron chi connectivity index (χ0n) is 5.57. The fraction of sp³-hybridized carbons (Fsp3) is 0.167. The predicted molar refractivity (Wildman–Crippen MR) is 42.4 cm³/mol. The summed E-state index contributed by atoms with van der Waals surface area (Å²) >= 11 is 0. The minimum atomic E-state index is 0. The molecule has 56 valence electrons. The molecule has 1 heterocycles. The summed E-state index contributed by atoms with van der Waals surface area (Å²) in [5.74, 6) is 0.484. The van der Waals surface area contributed by atoms with Gasteiger partial charge >= 0.3 is 0 Å². The number of pyridine rings is 1. The zero-order valence-corrected chi connectivity index (χ0v) is 6.39. The van der Waals surface area contributed by atoms with Gasteiger partial charge in [0.05, 0.1) is 12.8 Å². The molecule has 0 saturated heterocycles. The number of ether oxygens (including phenoxy) is 1. The Morgan fingerprint density at radius 1 is 1.60 bits per heavy atom. The maximum atomic E-state index is 5.44. The Labute approximate surface area is 65.6 Å². The molecule has 3 nitrogen and oxygen atoms in total. The van der Waals surface area contributed by atoms with E-state index < -0.39 is 0 Å². The van der Waals surface area contributed by atoms with Crippen molar-refractivity contribution in [3.63, 3.8) is 0 Å². The highest BCUT2D eigenvalue weighted by Gasteiger charge is 1.93. The molecule has 0 spiro atoms. The van der Waals surface area contributed by atoms with Gasteiger partial charge in [-0.3, -0.25) is 0 Å². The summed E-state index contributed by atoms with van der Waals surface area (Å²) in [6, 6.07) is 3.50. The van der Waals surface area contributed by atoms with Crippen molar-refractivity contribution in [2.45, 2.75) is 0 Å². The summed E-state index contributed by atoms with van der Waals surface area (Å²) in [4.78, 5) is 3.85. The number of aromatic nitrogens is 1. The monoisotopic (exact) mass is 160 g/mol. The molecule has 0 atom stereocenters. The van der Waals surface area contributed by atoms with Crippen molar-refractivity contribution in [2.75, 3.05) is 12.8 Å². The Morgan fingerprint density at radius 2 is 2.30 bits per heavy atom. The zero-order chi connectivity index (χ0) is 6.69. The van der Waals surface area contributed by atoms with Crippen molar-refractivity contribution >= 4 is 18.1 Å². The van der Waals surface area contributed by atoms with Gasteiger partial charge in [-0.2, -0.15) is 0 Å². The number of hydrogen-bond donors (Lipinski definition) is 1. The second kappa shape index (κ2) is 3.95. The second-order valence-electron chi connectivity index (χ2n) is 1.60. The minimum absolute atomic E-state index is 0. The lowest BCUT2D eigenvalue weighted by Gasteiger charge is -1.98. The van der Waals surface area contributed by atoms with E-state index in [9.17, 15) is 0 Å². The highest BCUT2D eigenvalue weighted by atomic mass is 35.5. The van der Waals surface area contributed by atoms with Crippen LogP contribution in [0.4, 0.5) is 5.69 Å². The molecule has 0 aromatic carbocycles. The molecule has 0 fully saturated rings. The number of nitrogen functional groups attached to an aromatic ring is 1. The molecule has 1 aromatic rings. The highest BCUT2D eigenvalue weighted by Crippen LogP contribution is 2.13. The van der Waals surface area contributed by atoms with Crippen LogP contribution >= 0.6 is 12.4 Å². The van der Waals surface area contributed by atoms with Gasteiger partial charge in [0.15, 0.2) is 0 Å². The molecule has 2 N–H and O–H groups in total. The third-order valence-electron chi connectivity index (χ3n) is 0.994. The van der Waals surface area contributed by atoms with Crippen molar-refractivity contribution in [3.8, 4) is 5.88 Å². The molecule has 1 aromatic heterocycles. The summed E-state index contributed by atoms with van der Waals surface area (Å²) in [7, 11) is 1.54. The number of methoxy groups -OCH3 is 1. The van der Waals surface area contributed by atoms with Gasteiger partial charge in [-0.25, -0.2) is 4.98 Å². The van der Waals surface area contributed by atoms with E-state index in [1.807, 2.05) is 0 Å². The Kier molecular flexibility index (Phi) is 3.57. The van der Waals surface area contributed by atoms with Crippen molar-refractivity contribution in [1.29, 1.82) is 0 Å². The number of nitrogens with zero attached hydrogens (tertiary/aromatic N) is 1. The van der Waals surface area contributed by atoms with E-state index in [1.165, 1.54) is 0 Å². The van der Waals surface area contributed by atoms with Gasteiger partial charge in [0.2, 0.25) is 5.88 Å². The quantitative estimate of drug-likeness (QED) is 0.669. The Hall–Kier alpha value is -0.960. The number of anilines is 1. The average Bonchev–Trinajstić information content (AvgIpc) is 1.89. The van der Waals surface area contributed by atoms with Crippen LogP contribution in [-0.4, -0.2) is 12.1 Å². The maximum Gasteiger partial charge on any atom is 0.236 e. The fourth-order valence-electron chi connectivity index (χ4n) is 0.574. The van der Waals surface area contributed by atoms with Crippen LogP contribution in [0.25, 0.3) is 0 Å². The van der Waals surface area contributed by atoms with Gasteiger partial charge in [-0.1, -0.05) is 0 Å². The lowest BCUT2D eigenvalue weighted by molar-refractivity contribution is 0.400. The summed E-state index contributed by atoms with van der Waals surface area (Å²) in [6.45, 7) is 0. The van der Waals surface area contributed by atoms with Crippen molar-refractivity contribution in [2.24, 2.45) is 0 Å². The molecule has 0 aliphatic carbocycles. The van der Waals surface area contributed by atoms with E-state index in [1.54, 1.807) is 25.4 Å². The molecule has 0 unspecified atom stereocenters. The molecule has 0 bridgehead atoms. The van der Waals surface area contributed by atoms with Gasteiger partial charge in [-0.05, 0) is 12.1 Å². The van der Waals surface area contributed by atoms with Crippen LogP contribution < -0.4 is 10.5 Å². The normalized spacial score (nSPS) is 8.10. The summed E-state index contributed by atoms with van der Waals surface area (Å²) < 4.78 is 4.81. The lowest BCUT2D eigenvalue weighted by Crippen LogP contribution is -1.93. The molecular formula is C6H9ClN2O. The number of halogens is 1. The van der Waals surface area contributed by atoms with Crippen LogP contribution in [0.2, 0.25) is 0 Å². The highest BCUT2D eigenvalue weighted by molar-refractivity contribution is 5.85. The third kappa shape index (κ3) is 1.77. The van der Waals surface area contributed by atoms with Crippen LogP contribution in [0.15, 0.2) is 18.3 Å². The number of nitrogens with two attached hydrogens (primary N) is 1. The van der Waals surface area contributed by atoms with Crippen molar-refractivity contribution in [1.82, 2.24) is 4.98 Å². The Morgan fingerprint density at radius 3 is 2.70 bits per heavy atom. The van der Waals surface area contributed by atoms with Crippen LogP contribution in [-0.2, 0) is 0 Å². The van der Waals surface area contributed by atoms with E-state index >= 15 is 0 Å². The molecule has 0 radical (unpaired) electrons. The Balaban J connectivity index is 0.000000810. The number of rotatable bonds is 1.